The average molecular weight is 272 g/mol. The summed E-state index contributed by atoms with van der Waals surface area (Å²) < 4.78 is 5.49. The molecule has 0 radical (unpaired) electrons. The van der Waals surface area contributed by atoms with Crippen molar-refractivity contribution in [3.63, 3.8) is 0 Å². The Morgan fingerprint density at radius 1 is 1.15 bits per heavy atom. The van der Waals surface area contributed by atoms with Crippen LogP contribution in [0.1, 0.15) is 25.0 Å². The van der Waals surface area contributed by atoms with Gasteiger partial charge in [0.25, 0.3) is 0 Å². The Bertz CT molecular complexity index is 540. The molecule has 0 aliphatic rings. The maximum atomic E-state index is 5.57. The third kappa shape index (κ3) is 4.51. The Morgan fingerprint density at radius 2 is 1.85 bits per heavy atom. The lowest BCUT2D eigenvalue weighted by molar-refractivity contribution is 0.281. The molecule has 0 saturated carbocycles. The topological polar surface area (TPSA) is 73.1 Å². The second kappa shape index (κ2) is 6.86. The van der Waals surface area contributed by atoms with E-state index in [1.807, 2.05) is 12.1 Å². The zero-order valence-electron chi connectivity index (χ0n) is 11.8. The first-order chi connectivity index (χ1) is 9.63. The monoisotopic (exact) mass is 272 g/mol. The van der Waals surface area contributed by atoms with E-state index in [1.54, 1.807) is 12.3 Å². The summed E-state index contributed by atoms with van der Waals surface area (Å²) in [7, 11) is 0. The molecule has 1 aromatic heterocycles. The lowest BCUT2D eigenvalue weighted by atomic mass is 10.1. The number of rotatable bonds is 6. The van der Waals surface area contributed by atoms with Gasteiger partial charge in [0.05, 0.1) is 0 Å². The molecule has 0 aliphatic heterocycles. The molecular formula is C15H20N4O. The second-order valence-corrected chi connectivity index (χ2v) is 4.90. The molecule has 0 spiro atoms. The largest absolute Gasteiger partial charge is 0.459 e. The molecule has 0 bridgehead atoms. The van der Waals surface area contributed by atoms with Gasteiger partial charge in [-0.2, -0.15) is 4.98 Å². The molecule has 106 valence electrons. The smallest absolute Gasteiger partial charge is 0.318 e. The zero-order valence-corrected chi connectivity index (χ0v) is 11.8. The summed E-state index contributed by atoms with van der Waals surface area (Å²) in [6.07, 6.45) is 1.58. The Morgan fingerprint density at radius 3 is 2.50 bits per heavy atom. The Labute approximate surface area is 119 Å². The number of ether oxygens (including phenoxy) is 1. The van der Waals surface area contributed by atoms with E-state index in [4.69, 9.17) is 10.5 Å². The normalized spacial score (nSPS) is 10.8. The molecular weight excluding hydrogens is 252 g/mol. The third-order valence-electron chi connectivity index (χ3n) is 2.76. The number of nitrogens with one attached hydrogen (secondary N) is 1. The minimum absolute atomic E-state index is 0.301. The van der Waals surface area contributed by atoms with E-state index < -0.39 is 0 Å². The number of nitrogens with two attached hydrogens (primary N) is 1. The van der Waals surface area contributed by atoms with Gasteiger partial charge in [0.15, 0.2) is 0 Å². The van der Waals surface area contributed by atoms with E-state index in [0.29, 0.717) is 24.5 Å². The molecule has 1 heterocycles. The highest BCUT2D eigenvalue weighted by Crippen LogP contribution is 2.09. The van der Waals surface area contributed by atoms with Gasteiger partial charge in [0.1, 0.15) is 12.4 Å². The van der Waals surface area contributed by atoms with E-state index in [0.717, 1.165) is 12.1 Å². The van der Waals surface area contributed by atoms with Crippen molar-refractivity contribution in [3.8, 4) is 6.01 Å². The first-order valence-electron chi connectivity index (χ1n) is 6.66. The molecule has 3 N–H and O–H groups in total. The molecule has 0 amide bonds. The van der Waals surface area contributed by atoms with Crippen LogP contribution in [0.15, 0.2) is 36.5 Å². The van der Waals surface area contributed by atoms with Crippen molar-refractivity contribution in [1.29, 1.82) is 0 Å². The van der Waals surface area contributed by atoms with Crippen LogP contribution in [0.3, 0.4) is 0 Å². The first-order valence-corrected chi connectivity index (χ1v) is 6.66. The lowest BCUT2D eigenvalue weighted by Crippen LogP contribution is -2.21. The summed E-state index contributed by atoms with van der Waals surface area (Å²) in [5.41, 5.74) is 7.89. The van der Waals surface area contributed by atoms with Crippen LogP contribution in [0.4, 0.5) is 5.82 Å². The second-order valence-electron chi connectivity index (χ2n) is 4.90. The summed E-state index contributed by atoms with van der Waals surface area (Å²) in [6, 6.07) is 10.7. The van der Waals surface area contributed by atoms with Crippen molar-refractivity contribution in [2.45, 2.75) is 33.0 Å². The van der Waals surface area contributed by atoms with E-state index in [-0.39, 0.29) is 0 Å². The van der Waals surface area contributed by atoms with Gasteiger partial charge < -0.3 is 15.8 Å². The van der Waals surface area contributed by atoms with Gasteiger partial charge in [0, 0.05) is 18.8 Å². The lowest BCUT2D eigenvalue weighted by Gasteiger charge is -2.09. The fraction of sp³-hybridized carbons (Fsp3) is 0.333. The zero-order chi connectivity index (χ0) is 14.4. The van der Waals surface area contributed by atoms with Crippen LogP contribution >= 0.6 is 0 Å². The molecule has 5 heteroatoms. The Hall–Kier alpha value is -2.14. The summed E-state index contributed by atoms with van der Waals surface area (Å²) in [5.74, 6) is 0.408. The highest BCUT2D eigenvalue weighted by molar-refractivity contribution is 5.27. The highest BCUT2D eigenvalue weighted by Gasteiger charge is 2.00. The maximum Gasteiger partial charge on any atom is 0.318 e. The molecule has 0 saturated heterocycles. The summed E-state index contributed by atoms with van der Waals surface area (Å²) in [4.78, 5) is 7.99. The van der Waals surface area contributed by atoms with Crippen LogP contribution in [0.25, 0.3) is 0 Å². The molecule has 5 nitrogen and oxygen atoms in total. The number of nitrogen functional groups attached to an aromatic ring is 1. The van der Waals surface area contributed by atoms with Gasteiger partial charge in [-0.15, -0.1) is 0 Å². The number of benzene rings is 1. The van der Waals surface area contributed by atoms with Gasteiger partial charge in [0.2, 0.25) is 0 Å². The third-order valence-corrected chi connectivity index (χ3v) is 2.76. The van der Waals surface area contributed by atoms with Crippen molar-refractivity contribution in [3.05, 3.63) is 47.7 Å². The minimum Gasteiger partial charge on any atom is -0.459 e. The van der Waals surface area contributed by atoms with Crippen LogP contribution in [-0.4, -0.2) is 16.0 Å². The number of aromatic nitrogens is 2. The van der Waals surface area contributed by atoms with E-state index >= 15 is 0 Å². The van der Waals surface area contributed by atoms with Crippen LogP contribution in [0.2, 0.25) is 0 Å². The predicted molar refractivity (Wildman–Crippen MR) is 79.2 cm³/mol. The number of hydrogen-bond acceptors (Lipinski definition) is 5. The van der Waals surface area contributed by atoms with Crippen molar-refractivity contribution >= 4 is 5.82 Å². The van der Waals surface area contributed by atoms with Gasteiger partial charge in [-0.25, -0.2) is 4.98 Å². The standard InChI is InChI=1S/C15H20N4O/c1-11(2)18-9-12-3-5-13(6-4-12)10-20-15-17-8-7-14(16)19-15/h3-8,11,18H,9-10H2,1-2H3,(H2,16,17,19). The van der Waals surface area contributed by atoms with Crippen molar-refractivity contribution in [2.75, 3.05) is 5.73 Å². The SMILES string of the molecule is CC(C)NCc1ccc(COc2nccc(N)n2)cc1. The van der Waals surface area contributed by atoms with Gasteiger partial charge in [-0.1, -0.05) is 38.1 Å². The molecule has 20 heavy (non-hydrogen) atoms. The van der Waals surface area contributed by atoms with E-state index in [9.17, 15) is 0 Å². The van der Waals surface area contributed by atoms with E-state index in [1.165, 1.54) is 5.56 Å². The van der Waals surface area contributed by atoms with Crippen molar-refractivity contribution < 1.29 is 4.74 Å². The summed E-state index contributed by atoms with van der Waals surface area (Å²) in [5, 5.41) is 3.38. The molecule has 0 fully saturated rings. The van der Waals surface area contributed by atoms with Gasteiger partial charge in [-0.3, -0.25) is 0 Å². The predicted octanol–water partition coefficient (Wildman–Crippen LogP) is 2.14. The van der Waals surface area contributed by atoms with Crippen molar-refractivity contribution in [2.24, 2.45) is 0 Å². The molecule has 0 unspecified atom stereocenters. The Kier molecular flexibility index (Phi) is 4.90. The fourth-order valence-corrected chi connectivity index (χ4v) is 1.65. The van der Waals surface area contributed by atoms with Crippen LogP contribution < -0.4 is 15.8 Å². The van der Waals surface area contributed by atoms with Crippen LogP contribution in [0.5, 0.6) is 6.01 Å². The number of hydrogen-bond donors (Lipinski definition) is 2. The summed E-state index contributed by atoms with van der Waals surface area (Å²) in [6.45, 7) is 5.57. The molecule has 2 rings (SSSR count). The van der Waals surface area contributed by atoms with Gasteiger partial charge >= 0.3 is 6.01 Å². The fourth-order valence-electron chi connectivity index (χ4n) is 1.65. The number of anilines is 1. The van der Waals surface area contributed by atoms with E-state index in [2.05, 4.69) is 41.3 Å². The van der Waals surface area contributed by atoms with Crippen LogP contribution in [-0.2, 0) is 13.2 Å². The average Bonchev–Trinajstić information content (AvgIpc) is 2.44. The minimum atomic E-state index is 0.301. The van der Waals surface area contributed by atoms with Crippen molar-refractivity contribution in [1.82, 2.24) is 15.3 Å². The molecule has 0 aliphatic carbocycles. The van der Waals surface area contributed by atoms with Crippen LogP contribution in [0, 0.1) is 0 Å². The number of nitrogens with zero attached hydrogens (tertiary/aromatic N) is 2. The molecule has 2 aromatic rings. The summed E-state index contributed by atoms with van der Waals surface area (Å²) >= 11 is 0. The van der Waals surface area contributed by atoms with Gasteiger partial charge in [-0.05, 0) is 17.2 Å². The quantitative estimate of drug-likeness (QED) is 0.842. The molecule has 0 atom stereocenters. The first kappa shape index (κ1) is 14.3. The molecule has 1 aromatic carbocycles. The maximum absolute atomic E-state index is 5.57. The highest BCUT2D eigenvalue weighted by atomic mass is 16.5. The Balaban J connectivity index is 1.87.